The molecule has 2 unspecified atom stereocenters. The van der Waals surface area contributed by atoms with Crippen molar-refractivity contribution in [1.29, 1.82) is 0 Å². The fourth-order valence-electron chi connectivity index (χ4n) is 4.12. The lowest BCUT2D eigenvalue weighted by Gasteiger charge is -2.22. The molecule has 23 heavy (non-hydrogen) atoms. The molecular weight excluding hydrogens is 286 g/mol. The summed E-state index contributed by atoms with van der Waals surface area (Å²) < 4.78 is 0. The number of nitrogens with zero attached hydrogens (tertiary/aromatic N) is 3. The number of amides is 1. The van der Waals surface area contributed by atoms with Crippen LogP contribution in [0.15, 0.2) is 18.2 Å². The van der Waals surface area contributed by atoms with E-state index in [1.165, 1.54) is 25.7 Å². The lowest BCUT2D eigenvalue weighted by atomic mass is 9.82. The van der Waals surface area contributed by atoms with Gasteiger partial charge in [0.25, 0.3) is 5.91 Å². The molecule has 120 valence electrons. The normalized spacial score (nSPS) is 24.0. The third-order valence-corrected chi connectivity index (χ3v) is 5.59. The summed E-state index contributed by atoms with van der Waals surface area (Å²) in [6.45, 7) is 5.79. The predicted octanol–water partition coefficient (Wildman–Crippen LogP) is 3.51. The van der Waals surface area contributed by atoms with Crippen LogP contribution in [-0.4, -0.2) is 33.9 Å². The Hall–Kier alpha value is -1.97. The zero-order valence-corrected chi connectivity index (χ0v) is 13.9. The topological polar surface area (TPSA) is 46.1 Å². The number of fused-ring (bicyclic) bond motifs is 2. The van der Waals surface area contributed by atoms with Crippen LogP contribution in [0.1, 0.15) is 47.4 Å². The Bertz CT molecular complexity index is 757. The maximum absolute atomic E-state index is 12.9. The van der Waals surface area contributed by atoms with Crippen LogP contribution in [0.4, 0.5) is 0 Å². The maximum Gasteiger partial charge on any atom is 0.253 e. The molecule has 2 atom stereocenters. The highest BCUT2D eigenvalue weighted by Gasteiger charge is 2.36. The molecule has 2 heterocycles. The van der Waals surface area contributed by atoms with E-state index in [0.717, 1.165) is 52.9 Å². The highest BCUT2D eigenvalue weighted by Crippen LogP contribution is 2.36. The van der Waals surface area contributed by atoms with E-state index in [-0.39, 0.29) is 5.91 Å². The van der Waals surface area contributed by atoms with Crippen LogP contribution >= 0.6 is 0 Å². The van der Waals surface area contributed by atoms with Gasteiger partial charge in [0.05, 0.1) is 22.4 Å². The molecule has 0 bridgehead atoms. The van der Waals surface area contributed by atoms with Crippen molar-refractivity contribution in [2.45, 2.75) is 39.5 Å². The van der Waals surface area contributed by atoms with Crippen LogP contribution in [-0.2, 0) is 0 Å². The molecule has 1 aromatic carbocycles. The second kappa shape index (κ2) is 5.59. The van der Waals surface area contributed by atoms with E-state index in [1.54, 1.807) is 0 Å². The van der Waals surface area contributed by atoms with Gasteiger partial charge in [0, 0.05) is 18.7 Å². The molecule has 1 saturated carbocycles. The Balaban J connectivity index is 1.61. The van der Waals surface area contributed by atoms with E-state index in [2.05, 4.69) is 14.9 Å². The standard InChI is InChI=1S/C19H23N3O/c1-12-13(2)21-18-9-14(7-8-17(18)20-12)19(23)22-10-15-5-3-4-6-16(15)11-22/h7-9,15-16H,3-6,10-11H2,1-2H3. The summed E-state index contributed by atoms with van der Waals surface area (Å²) in [6, 6.07) is 5.72. The first-order valence-electron chi connectivity index (χ1n) is 8.66. The molecule has 2 fully saturated rings. The molecule has 2 aliphatic rings. The van der Waals surface area contributed by atoms with Crippen LogP contribution in [0.5, 0.6) is 0 Å². The fourth-order valence-corrected chi connectivity index (χ4v) is 4.12. The van der Waals surface area contributed by atoms with Gasteiger partial charge < -0.3 is 4.90 Å². The van der Waals surface area contributed by atoms with Gasteiger partial charge in [-0.15, -0.1) is 0 Å². The monoisotopic (exact) mass is 309 g/mol. The lowest BCUT2D eigenvalue weighted by Crippen LogP contribution is -2.29. The van der Waals surface area contributed by atoms with Gasteiger partial charge in [-0.3, -0.25) is 4.79 Å². The number of aryl methyl sites for hydroxylation is 2. The van der Waals surface area contributed by atoms with Crippen molar-refractivity contribution in [3.8, 4) is 0 Å². The SMILES string of the molecule is Cc1nc2ccc(C(=O)N3CC4CCCCC4C3)cc2nc1C. The molecular formula is C19H23N3O. The highest BCUT2D eigenvalue weighted by molar-refractivity contribution is 5.97. The van der Waals surface area contributed by atoms with Gasteiger partial charge >= 0.3 is 0 Å². The predicted molar refractivity (Wildman–Crippen MR) is 90.4 cm³/mol. The molecule has 0 N–H and O–H groups in total. The van der Waals surface area contributed by atoms with E-state index in [4.69, 9.17) is 0 Å². The summed E-state index contributed by atoms with van der Waals surface area (Å²) in [6.07, 6.45) is 5.23. The van der Waals surface area contributed by atoms with Crippen molar-refractivity contribution < 1.29 is 4.79 Å². The number of carbonyl (C=O) groups is 1. The van der Waals surface area contributed by atoms with E-state index in [9.17, 15) is 4.79 Å². The summed E-state index contributed by atoms with van der Waals surface area (Å²) in [7, 11) is 0. The van der Waals surface area contributed by atoms with E-state index >= 15 is 0 Å². The molecule has 0 spiro atoms. The molecule has 2 aromatic rings. The van der Waals surface area contributed by atoms with Crippen molar-refractivity contribution in [3.63, 3.8) is 0 Å². The summed E-state index contributed by atoms with van der Waals surface area (Å²) in [5, 5.41) is 0. The summed E-state index contributed by atoms with van der Waals surface area (Å²) in [5.41, 5.74) is 4.29. The first-order chi connectivity index (χ1) is 11.1. The maximum atomic E-state index is 12.9. The Morgan fingerprint density at radius 1 is 1.00 bits per heavy atom. The quantitative estimate of drug-likeness (QED) is 0.810. The largest absolute Gasteiger partial charge is 0.338 e. The molecule has 4 rings (SSSR count). The van der Waals surface area contributed by atoms with Crippen molar-refractivity contribution in [2.24, 2.45) is 11.8 Å². The molecule has 1 saturated heterocycles. The van der Waals surface area contributed by atoms with Gasteiger partial charge in [-0.25, -0.2) is 9.97 Å². The third-order valence-electron chi connectivity index (χ3n) is 5.59. The van der Waals surface area contributed by atoms with E-state index < -0.39 is 0 Å². The first kappa shape index (κ1) is 14.6. The average Bonchev–Trinajstić information content (AvgIpc) is 2.99. The number of likely N-dealkylation sites (tertiary alicyclic amines) is 1. The first-order valence-corrected chi connectivity index (χ1v) is 8.66. The van der Waals surface area contributed by atoms with Crippen LogP contribution in [0, 0.1) is 25.7 Å². The minimum Gasteiger partial charge on any atom is -0.338 e. The van der Waals surface area contributed by atoms with Crippen molar-refractivity contribution in [2.75, 3.05) is 13.1 Å². The second-order valence-corrected chi connectivity index (χ2v) is 7.11. The third kappa shape index (κ3) is 2.60. The Labute approximate surface area is 136 Å². The van der Waals surface area contributed by atoms with Crippen LogP contribution < -0.4 is 0 Å². The highest BCUT2D eigenvalue weighted by atomic mass is 16.2. The van der Waals surface area contributed by atoms with Crippen molar-refractivity contribution >= 4 is 16.9 Å². The summed E-state index contributed by atoms with van der Waals surface area (Å²) in [4.78, 5) is 24.0. The smallest absolute Gasteiger partial charge is 0.253 e. The molecule has 1 aliphatic carbocycles. The lowest BCUT2D eigenvalue weighted by molar-refractivity contribution is 0.0784. The van der Waals surface area contributed by atoms with E-state index in [0.29, 0.717) is 0 Å². The number of rotatable bonds is 1. The van der Waals surface area contributed by atoms with Crippen molar-refractivity contribution in [1.82, 2.24) is 14.9 Å². The number of benzene rings is 1. The fraction of sp³-hybridized carbons (Fsp3) is 0.526. The number of carbonyl (C=O) groups excluding carboxylic acids is 1. The van der Waals surface area contributed by atoms with Gasteiger partial charge in [0.2, 0.25) is 0 Å². The van der Waals surface area contributed by atoms with Gasteiger partial charge in [-0.1, -0.05) is 12.8 Å². The molecule has 1 amide bonds. The zero-order valence-electron chi connectivity index (χ0n) is 13.9. The molecule has 1 aromatic heterocycles. The number of hydrogen-bond acceptors (Lipinski definition) is 3. The average molecular weight is 309 g/mol. The molecule has 4 nitrogen and oxygen atoms in total. The minimum absolute atomic E-state index is 0.154. The molecule has 0 radical (unpaired) electrons. The summed E-state index contributed by atoms with van der Waals surface area (Å²) >= 11 is 0. The van der Waals surface area contributed by atoms with Crippen LogP contribution in [0.3, 0.4) is 0 Å². The van der Waals surface area contributed by atoms with Gasteiger partial charge in [-0.2, -0.15) is 0 Å². The Kier molecular flexibility index (Phi) is 3.55. The Morgan fingerprint density at radius 3 is 2.26 bits per heavy atom. The van der Waals surface area contributed by atoms with Crippen LogP contribution in [0.25, 0.3) is 11.0 Å². The number of aromatic nitrogens is 2. The van der Waals surface area contributed by atoms with Gasteiger partial charge in [-0.05, 0) is 56.7 Å². The summed E-state index contributed by atoms with van der Waals surface area (Å²) in [5.74, 6) is 1.59. The van der Waals surface area contributed by atoms with Crippen LogP contribution in [0.2, 0.25) is 0 Å². The van der Waals surface area contributed by atoms with Gasteiger partial charge in [0.1, 0.15) is 0 Å². The zero-order chi connectivity index (χ0) is 16.0. The second-order valence-electron chi connectivity index (χ2n) is 7.11. The molecule has 1 aliphatic heterocycles. The minimum atomic E-state index is 0.154. The van der Waals surface area contributed by atoms with Gasteiger partial charge in [0.15, 0.2) is 0 Å². The van der Waals surface area contributed by atoms with E-state index in [1.807, 2.05) is 32.0 Å². The number of hydrogen-bond donors (Lipinski definition) is 0. The Morgan fingerprint density at radius 2 is 1.61 bits per heavy atom. The molecule has 4 heteroatoms. The van der Waals surface area contributed by atoms with Crippen molar-refractivity contribution in [3.05, 3.63) is 35.2 Å².